The number of carbonyl (C=O) groups is 1. The van der Waals surface area contributed by atoms with Crippen molar-refractivity contribution in [1.82, 2.24) is 9.47 Å². The maximum Gasteiger partial charge on any atom is 0.323 e. The smallest absolute Gasteiger partial charge is 0.323 e. The fraction of sp³-hybridized carbons (Fsp3) is 0.300. The molecular weight excluding hydrogens is 514 g/mol. The van der Waals surface area contributed by atoms with Gasteiger partial charge in [-0.05, 0) is 79.5 Å². The third-order valence-corrected chi connectivity index (χ3v) is 9.60. The van der Waals surface area contributed by atoms with E-state index in [1.165, 1.54) is 38.7 Å². The molecule has 4 aromatic rings. The van der Waals surface area contributed by atoms with Crippen LogP contribution in [0.4, 0.5) is 10.5 Å². The molecule has 0 bridgehead atoms. The minimum absolute atomic E-state index is 0.174. The average molecular weight is 546 g/mol. The molecule has 0 unspecified atom stereocenters. The van der Waals surface area contributed by atoms with Gasteiger partial charge in [0, 0.05) is 27.6 Å². The summed E-state index contributed by atoms with van der Waals surface area (Å²) in [6, 6.07) is 17.8. The Morgan fingerprint density at radius 1 is 1.03 bits per heavy atom. The molecule has 0 fully saturated rings. The van der Waals surface area contributed by atoms with Crippen molar-refractivity contribution >= 4 is 34.8 Å². The molecule has 2 aromatic heterocycles. The molecular formula is C30H31N3O3S2. The van der Waals surface area contributed by atoms with Crippen molar-refractivity contribution in [3.63, 3.8) is 0 Å². The lowest BCUT2D eigenvalue weighted by atomic mass is 9.95. The zero-order valence-electron chi connectivity index (χ0n) is 21.8. The number of methoxy groups -OCH3 is 2. The second-order valence-corrected chi connectivity index (χ2v) is 11.6. The summed E-state index contributed by atoms with van der Waals surface area (Å²) in [5, 5.41) is 4.40. The van der Waals surface area contributed by atoms with Crippen LogP contribution in [0, 0.1) is 0 Å². The minimum Gasteiger partial charge on any atom is -0.497 e. The van der Waals surface area contributed by atoms with Crippen LogP contribution in [0.1, 0.15) is 46.1 Å². The van der Waals surface area contributed by atoms with E-state index in [0.29, 0.717) is 23.7 Å². The Morgan fingerprint density at radius 3 is 2.61 bits per heavy atom. The monoisotopic (exact) mass is 545 g/mol. The Bertz CT molecular complexity index is 1470. The highest BCUT2D eigenvalue weighted by molar-refractivity contribution is 7.98. The van der Waals surface area contributed by atoms with Crippen LogP contribution < -0.4 is 14.8 Å². The fourth-order valence-corrected chi connectivity index (χ4v) is 7.43. The van der Waals surface area contributed by atoms with Gasteiger partial charge in [-0.3, -0.25) is 0 Å². The van der Waals surface area contributed by atoms with E-state index in [1.54, 1.807) is 32.0 Å². The van der Waals surface area contributed by atoms with Gasteiger partial charge < -0.3 is 24.3 Å². The number of anilines is 1. The summed E-state index contributed by atoms with van der Waals surface area (Å²) in [4.78, 5) is 18.9. The number of fused-ring (bicyclic) bond motifs is 5. The molecule has 3 heterocycles. The van der Waals surface area contributed by atoms with Gasteiger partial charge in [-0.15, -0.1) is 23.1 Å². The van der Waals surface area contributed by atoms with Crippen LogP contribution in [0.5, 0.6) is 11.5 Å². The number of benzene rings is 2. The highest BCUT2D eigenvalue weighted by atomic mass is 32.2. The number of aryl methyl sites for hydroxylation is 1. The number of thioether (sulfide) groups is 1. The number of hydrogen-bond acceptors (Lipinski definition) is 5. The third-order valence-electron chi connectivity index (χ3n) is 7.52. The number of nitrogens with zero attached hydrogens (tertiary/aromatic N) is 2. The fourth-order valence-electron chi connectivity index (χ4n) is 5.62. The minimum atomic E-state index is -0.253. The van der Waals surface area contributed by atoms with Crippen LogP contribution in [-0.4, -0.2) is 36.0 Å². The lowest BCUT2D eigenvalue weighted by Gasteiger charge is -2.31. The third kappa shape index (κ3) is 4.35. The Labute approximate surface area is 231 Å². The summed E-state index contributed by atoms with van der Waals surface area (Å²) in [5.41, 5.74) is 5.47. The van der Waals surface area contributed by atoms with Crippen LogP contribution in [0.15, 0.2) is 65.7 Å². The first kappa shape index (κ1) is 24.9. The predicted octanol–water partition coefficient (Wildman–Crippen LogP) is 7.29. The Balaban J connectivity index is 1.48. The zero-order valence-corrected chi connectivity index (χ0v) is 23.5. The molecule has 0 saturated heterocycles. The number of nitrogens with one attached hydrogen (secondary N) is 1. The summed E-state index contributed by atoms with van der Waals surface area (Å²) >= 11 is 3.61. The van der Waals surface area contributed by atoms with Gasteiger partial charge in [0.05, 0.1) is 38.2 Å². The van der Waals surface area contributed by atoms with Crippen molar-refractivity contribution in [1.29, 1.82) is 0 Å². The Morgan fingerprint density at radius 2 is 1.84 bits per heavy atom. The Hall–Kier alpha value is -3.36. The maximum absolute atomic E-state index is 14.2. The molecule has 2 amide bonds. The van der Waals surface area contributed by atoms with Crippen LogP contribution >= 0.6 is 23.1 Å². The number of carbonyl (C=O) groups excluding carboxylic acids is 1. The van der Waals surface area contributed by atoms with E-state index in [9.17, 15) is 4.79 Å². The van der Waals surface area contributed by atoms with Gasteiger partial charge in [-0.25, -0.2) is 4.79 Å². The first-order valence-corrected chi connectivity index (χ1v) is 14.9. The summed E-state index contributed by atoms with van der Waals surface area (Å²) in [6.45, 7) is 0.538. The van der Waals surface area contributed by atoms with Gasteiger partial charge in [0.1, 0.15) is 16.5 Å². The summed E-state index contributed by atoms with van der Waals surface area (Å²) in [5.74, 6) is 1.25. The Kier molecular flexibility index (Phi) is 6.84. The first-order valence-electron chi connectivity index (χ1n) is 12.9. The lowest BCUT2D eigenvalue weighted by Crippen LogP contribution is -2.38. The van der Waals surface area contributed by atoms with Crippen LogP contribution in [0.2, 0.25) is 0 Å². The van der Waals surface area contributed by atoms with Crippen molar-refractivity contribution in [2.75, 3.05) is 25.8 Å². The van der Waals surface area contributed by atoms with E-state index < -0.39 is 0 Å². The first-order chi connectivity index (χ1) is 18.6. The van der Waals surface area contributed by atoms with Crippen molar-refractivity contribution in [3.05, 3.63) is 88.1 Å². The van der Waals surface area contributed by atoms with E-state index in [-0.39, 0.29) is 12.1 Å². The molecule has 1 N–H and O–H groups in total. The molecule has 0 radical (unpaired) electrons. The molecule has 2 aromatic carbocycles. The van der Waals surface area contributed by atoms with E-state index in [4.69, 9.17) is 9.47 Å². The van der Waals surface area contributed by atoms with Crippen molar-refractivity contribution in [2.24, 2.45) is 0 Å². The van der Waals surface area contributed by atoms with Gasteiger partial charge in [0.25, 0.3) is 0 Å². The predicted molar refractivity (Wildman–Crippen MR) is 154 cm³/mol. The van der Waals surface area contributed by atoms with Gasteiger partial charge >= 0.3 is 6.03 Å². The van der Waals surface area contributed by atoms with Gasteiger partial charge in [-0.2, -0.15) is 0 Å². The molecule has 1 atom stereocenters. The molecule has 2 aliphatic rings. The van der Waals surface area contributed by atoms with E-state index in [2.05, 4.69) is 58.7 Å². The molecule has 196 valence electrons. The molecule has 38 heavy (non-hydrogen) atoms. The van der Waals surface area contributed by atoms with Crippen molar-refractivity contribution in [2.45, 2.75) is 43.2 Å². The molecule has 0 saturated carbocycles. The number of aromatic nitrogens is 1. The molecule has 0 spiro atoms. The van der Waals surface area contributed by atoms with Gasteiger partial charge in [0.15, 0.2) is 0 Å². The number of ether oxygens (including phenoxy) is 2. The molecule has 6 nitrogen and oxygen atoms in total. The standard InChI is InChI=1S/C30H31N3O3S2/c1-35-20-12-15-26(36-2)24(17-20)31-30(34)33-18-23-22-7-4-5-9-27(22)38-29(23)32-16-6-8-25(32)28(33)19-10-13-21(37-3)14-11-19/h6,8,10-17,28H,4-5,7,9,18H2,1-3H3,(H,31,34)/t28-/m0/s1. The molecule has 1 aliphatic heterocycles. The quantitative estimate of drug-likeness (QED) is 0.268. The second-order valence-electron chi connectivity index (χ2n) is 9.60. The van der Waals surface area contributed by atoms with E-state index in [0.717, 1.165) is 24.1 Å². The van der Waals surface area contributed by atoms with Gasteiger partial charge in [-0.1, -0.05) is 12.1 Å². The zero-order chi connectivity index (χ0) is 26.2. The van der Waals surface area contributed by atoms with Crippen LogP contribution in [-0.2, 0) is 19.4 Å². The number of thiophene rings is 1. The number of amides is 2. The molecule has 8 heteroatoms. The highest BCUT2D eigenvalue weighted by Crippen LogP contribution is 2.44. The summed E-state index contributed by atoms with van der Waals surface area (Å²) in [7, 11) is 3.22. The van der Waals surface area contributed by atoms with Crippen LogP contribution in [0.3, 0.4) is 0 Å². The number of hydrogen-bond donors (Lipinski definition) is 1. The van der Waals surface area contributed by atoms with Crippen molar-refractivity contribution in [3.8, 4) is 16.5 Å². The number of urea groups is 1. The average Bonchev–Trinajstić information content (AvgIpc) is 3.55. The number of rotatable bonds is 5. The van der Waals surface area contributed by atoms with Crippen LogP contribution in [0.25, 0.3) is 5.00 Å². The normalized spacial score (nSPS) is 16.2. The van der Waals surface area contributed by atoms with E-state index in [1.807, 2.05) is 28.4 Å². The highest BCUT2D eigenvalue weighted by Gasteiger charge is 2.36. The molecule has 1 aliphatic carbocycles. The maximum atomic E-state index is 14.2. The lowest BCUT2D eigenvalue weighted by molar-refractivity contribution is 0.194. The SMILES string of the molecule is COc1ccc(OC)c(NC(=O)N2Cc3c(sc4c3CCCC4)-n3cccc3[C@@H]2c2ccc(SC)cc2)c1. The van der Waals surface area contributed by atoms with E-state index >= 15 is 0 Å². The summed E-state index contributed by atoms with van der Waals surface area (Å²) in [6.07, 6.45) is 8.84. The van der Waals surface area contributed by atoms with Crippen molar-refractivity contribution < 1.29 is 14.3 Å². The summed E-state index contributed by atoms with van der Waals surface area (Å²) < 4.78 is 13.3. The second kappa shape index (κ2) is 10.4. The largest absolute Gasteiger partial charge is 0.497 e. The molecule has 6 rings (SSSR count). The van der Waals surface area contributed by atoms with Gasteiger partial charge in [0.2, 0.25) is 0 Å². The topological polar surface area (TPSA) is 55.7 Å².